The first kappa shape index (κ1) is 13.4. The second kappa shape index (κ2) is 4.76. The lowest BCUT2D eigenvalue weighted by Crippen LogP contribution is -2.08. The second-order valence-corrected chi connectivity index (χ2v) is 7.25. The standard InChI is InChI=1S/C12H9ClN2O3S2/c1-20(16,17)15-12-14-9(6-19-12)11-5-7-4-8(13)2-3-10(7)18-11/h2-6H,1H3,(H,14,15). The predicted molar refractivity (Wildman–Crippen MR) is 80.8 cm³/mol. The lowest BCUT2D eigenvalue weighted by Gasteiger charge is -1.96. The van der Waals surface area contributed by atoms with Crippen LogP contribution in [0.4, 0.5) is 5.13 Å². The van der Waals surface area contributed by atoms with Crippen molar-refractivity contribution < 1.29 is 12.8 Å². The molecule has 1 aromatic carbocycles. The Hall–Kier alpha value is -1.57. The van der Waals surface area contributed by atoms with Gasteiger partial charge >= 0.3 is 0 Å². The van der Waals surface area contributed by atoms with Crippen LogP contribution in [0.5, 0.6) is 0 Å². The number of aromatic nitrogens is 1. The molecule has 3 aromatic rings. The van der Waals surface area contributed by atoms with Crippen LogP contribution in [0.15, 0.2) is 34.1 Å². The van der Waals surface area contributed by atoms with Crippen molar-refractivity contribution in [1.29, 1.82) is 0 Å². The quantitative estimate of drug-likeness (QED) is 0.797. The molecule has 3 rings (SSSR count). The van der Waals surface area contributed by atoms with Gasteiger partial charge in [-0.1, -0.05) is 11.6 Å². The van der Waals surface area contributed by atoms with Crippen molar-refractivity contribution in [3.63, 3.8) is 0 Å². The largest absolute Gasteiger partial charge is 0.454 e. The summed E-state index contributed by atoms with van der Waals surface area (Å²) in [7, 11) is -3.33. The summed E-state index contributed by atoms with van der Waals surface area (Å²) in [5.41, 5.74) is 1.28. The van der Waals surface area contributed by atoms with Crippen LogP contribution in [0.3, 0.4) is 0 Å². The van der Waals surface area contributed by atoms with Gasteiger partial charge < -0.3 is 4.42 Å². The number of hydrogen-bond acceptors (Lipinski definition) is 5. The zero-order valence-corrected chi connectivity index (χ0v) is 12.6. The number of sulfonamides is 1. The van der Waals surface area contributed by atoms with Crippen molar-refractivity contribution >= 4 is 49.1 Å². The molecule has 5 nitrogen and oxygen atoms in total. The molecule has 0 aliphatic heterocycles. The molecule has 8 heteroatoms. The number of benzene rings is 1. The molecule has 1 N–H and O–H groups in total. The molecule has 0 aliphatic carbocycles. The molecule has 0 unspecified atom stereocenters. The van der Waals surface area contributed by atoms with Gasteiger partial charge in [0.15, 0.2) is 10.9 Å². The van der Waals surface area contributed by atoms with Crippen LogP contribution in [0.1, 0.15) is 0 Å². The summed E-state index contributed by atoms with van der Waals surface area (Å²) in [5.74, 6) is 0.570. The molecule has 20 heavy (non-hydrogen) atoms. The minimum Gasteiger partial charge on any atom is -0.454 e. The topological polar surface area (TPSA) is 72.2 Å². The van der Waals surface area contributed by atoms with E-state index < -0.39 is 10.0 Å². The Morgan fingerprint density at radius 2 is 2.15 bits per heavy atom. The first-order chi connectivity index (χ1) is 9.40. The number of halogens is 1. The van der Waals surface area contributed by atoms with Gasteiger partial charge in [0.1, 0.15) is 11.3 Å². The summed E-state index contributed by atoms with van der Waals surface area (Å²) < 4.78 is 30.3. The number of nitrogens with one attached hydrogen (secondary N) is 1. The van der Waals surface area contributed by atoms with Crippen LogP contribution in [-0.4, -0.2) is 19.7 Å². The van der Waals surface area contributed by atoms with E-state index in [9.17, 15) is 8.42 Å². The monoisotopic (exact) mass is 328 g/mol. The van der Waals surface area contributed by atoms with Gasteiger partial charge in [0.2, 0.25) is 10.0 Å². The molecule has 0 fully saturated rings. The Kier molecular flexibility index (Phi) is 3.19. The molecular weight excluding hydrogens is 320 g/mol. The van der Waals surface area contributed by atoms with Crippen LogP contribution in [0.2, 0.25) is 5.02 Å². The van der Waals surface area contributed by atoms with E-state index in [2.05, 4.69) is 9.71 Å². The molecule has 0 saturated carbocycles. The smallest absolute Gasteiger partial charge is 0.231 e. The Morgan fingerprint density at radius 3 is 2.90 bits per heavy atom. The highest BCUT2D eigenvalue weighted by molar-refractivity contribution is 7.92. The second-order valence-electron chi connectivity index (χ2n) is 4.20. The van der Waals surface area contributed by atoms with Crippen LogP contribution in [0, 0.1) is 0 Å². The van der Waals surface area contributed by atoms with Crippen molar-refractivity contribution in [2.24, 2.45) is 0 Å². The highest BCUT2D eigenvalue weighted by Gasteiger charge is 2.12. The van der Waals surface area contributed by atoms with Crippen molar-refractivity contribution in [3.8, 4) is 11.5 Å². The molecule has 0 bridgehead atoms. The van der Waals surface area contributed by atoms with Crippen LogP contribution < -0.4 is 4.72 Å². The Bertz CT molecular complexity index is 883. The summed E-state index contributed by atoms with van der Waals surface area (Å²) in [4.78, 5) is 4.19. The number of hydrogen-bond donors (Lipinski definition) is 1. The highest BCUT2D eigenvalue weighted by Crippen LogP contribution is 2.31. The first-order valence-corrected chi connectivity index (χ1v) is 8.68. The average Bonchev–Trinajstić information content (AvgIpc) is 2.92. The molecule has 0 aliphatic rings. The normalized spacial score (nSPS) is 11.9. The van der Waals surface area contributed by atoms with Crippen molar-refractivity contribution in [3.05, 3.63) is 34.7 Å². The Balaban J connectivity index is 1.99. The van der Waals surface area contributed by atoms with E-state index in [-0.39, 0.29) is 0 Å². The van der Waals surface area contributed by atoms with Crippen LogP contribution >= 0.6 is 22.9 Å². The first-order valence-electron chi connectivity index (χ1n) is 5.53. The van der Waals surface area contributed by atoms with E-state index in [0.717, 1.165) is 11.6 Å². The number of furan rings is 1. The summed E-state index contributed by atoms with van der Waals surface area (Å²) in [6.07, 6.45) is 1.08. The van der Waals surface area contributed by atoms with Gasteiger partial charge in [-0.3, -0.25) is 4.72 Å². The number of thiazole rings is 1. The van der Waals surface area contributed by atoms with Crippen LogP contribution in [-0.2, 0) is 10.0 Å². The van der Waals surface area contributed by atoms with Gasteiger partial charge in [-0.2, -0.15) is 0 Å². The molecule has 104 valence electrons. The summed E-state index contributed by atoms with van der Waals surface area (Å²) in [6.45, 7) is 0. The molecule has 0 amide bonds. The minimum absolute atomic E-state index is 0.306. The van der Waals surface area contributed by atoms with E-state index in [4.69, 9.17) is 16.0 Å². The predicted octanol–water partition coefficient (Wildman–Crippen LogP) is 3.58. The molecule has 0 spiro atoms. The third-order valence-corrected chi connectivity index (χ3v) is 4.19. The third kappa shape index (κ3) is 2.79. The molecule has 0 atom stereocenters. The highest BCUT2D eigenvalue weighted by atomic mass is 35.5. The fourth-order valence-electron chi connectivity index (χ4n) is 1.73. The van der Waals surface area contributed by atoms with Gasteiger partial charge in [0.05, 0.1) is 6.26 Å². The minimum atomic E-state index is -3.33. The van der Waals surface area contributed by atoms with Gasteiger partial charge in [0.25, 0.3) is 0 Å². The SMILES string of the molecule is CS(=O)(=O)Nc1nc(-c2cc3cc(Cl)ccc3o2)cs1. The zero-order chi connectivity index (χ0) is 14.3. The summed E-state index contributed by atoms with van der Waals surface area (Å²) in [5, 5.41) is 3.54. The van der Waals surface area contributed by atoms with Crippen molar-refractivity contribution in [2.45, 2.75) is 0 Å². The molecule has 0 radical (unpaired) electrons. The Labute approximate surface area is 124 Å². The molecule has 2 aromatic heterocycles. The fourth-order valence-corrected chi connectivity index (χ4v) is 3.47. The van der Waals surface area contributed by atoms with E-state index in [1.807, 2.05) is 6.07 Å². The van der Waals surface area contributed by atoms with E-state index in [1.165, 1.54) is 11.3 Å². The summed E-state index contributed by atoms with van der Waals surface area (Å²) >= 11 is 7.12. The fraction of sp³-hybridized carbons (Fsp3) is 0.0833. The van der Waals surface area contributed by atoms with Gasteiger partial charge in [-0.25, -0.2) is 13.4 Å². The maximum absolute atomic E-state index is 11.1. The van der Waals surface area contributed by atoms with E-state index in [1.54, 1.807) is 23.6 Å². The van der Waals surface area contributed by atoms with E-state index in [0.29, 0.717) is 27.2 Å². The Morgan fingerprint density at radius 1 is 1.35 bits per heavy atom. The van der Waals surface area contributed by atoms with Crippen molar-refractivity contribution in [2.75, 3.05) is 11.0 Å². The molecule has 0 saturated heterocycles. The van der Waals surface area contributed by atoms with Crippen molar-refractivity contribution in [1.82, 2.24) is 4.98 Å². The van der Waals surface area contributed by atoms with Crippen LogP contribution in [0.25, 0.3) is 22.4 Å². The van der Waals surface area contributed by atoms with Gasteiger partial charge in [0, 0.05) is 15.8 Å². The molecular formula is C12H9ClN2O3S2. The van der Waals surface area contributed by atoms with Gasteiger partial charge in [-0.05, 0) is 24.3 Å². The molecule has 2 heterocycles. The average molecular weight is 329 g/mol. The number of nitrogens with zero attached hydrogens (tertiary/aromatic N) is 1. The maximum atomic E-state index is 11.1. The van der Waals surface area contributed by atoms with E-state index >= 15 is 0 Å². The lowest BCUT2D eigenvalue weighted by molar-refractivity contribution is 0.606. The number of anilines is 1. The van der Waals surface area contributed by atoms with Gasteiger partial charge in [-0.15, -0.1) is 11.3 Å². The third-order valence-electron chi connectivity index (χ3n) is 2.51. The number of fused-ring (bicyclic) bond motifs is 1. The lowest BCUT2D eigenvalue weighted by atomic mass is 10.2. The zero-order valence-electron chi connectivity index (χ0n) is 10.3. The number of rotatable bonds is 3. The maximum Gasteiger partial charge on any atom is 0.231 e. The summed E-state index contributed by atoms with van der Waals surface area (Å²) in [6, 6.07) is 7.14.